The van der Waals surface area contributed by atoms with Gasteiger partial charge in [-0.25, -0.2) is 0 Å². The lowest BCUT2D eigenvalue weighted by atomic mass is 9.70. The van der Waals surface area contributed by atoms with Crippen molar-refractivity contribution in [1.29, 1.82) is 0 Å². The largest absolute Gasteiger partial charge is 0.494 e. The van der Waals surface area contributed by atoms with E-state index in [1.54, 1.807) is 18.2 Å². The average Bonchev–Trinajstić information content (AvgIpc) is 3.72. The molecule has 3 saturated heterocycles. The van der Waals surface area contributed by atoms with Gasteiger partial charge in [-0.1, -0.05) is 77.8 Å². The predicted molar refractivity (Wildman–Crippen MR) is 189 cm³/mol. The molecule has 11 unspecified atom stereocenters. The number of carbonyl (C=O) groups excluding carboxylic acids is 1. The van der Waals surface area contributed by atoms with Gasteiger partial charge < -0.3 is 59.1 Å². The maximum Gasteiger partial charge on any atom is 0.494 e. The molecule has 4 aliphatic rings. The van der Waals surface area contributed by atoms with E-state index in [0.717, 1.165) is 44.9 Å². The lowest BCUT2D eigenvalue weighted by Crippen LogP contribution is -2.61. The van der Waals surface area contributed by atoms with Gasteiger partial charge in [-0.2, -0.15) is 0 Å². The van der Waals surface area contributed by atoms with Crippen molar-refractivity contribution >= 4 is 24.2 Å². The van der Waals surface area contributed by atoms with Crippen molar-refractivity contribution in [3.63, 3.8) is 0 Å². The summed E-state index contributed by atoms with van der Waals surface area (Å²) in [6, 6.07) is 7.15. The fourth-order valence-corrected chi connectivity index (χ4v) is 8.06. The van der Waals surface area contributed by atoms with Gasteiger partial charge in [0.1, 0.15) is 49.3 Å². The lowest BCUT2D eigenvalue weighted by molar-refractivity contribution is -0.374. The van der Waals surface area contributed by atoms with Gasteiger partial charge >= 0.3 is 7.12 Å². The van der Waals surface area contributed by atoms with Crippen LogP contribution in [0.25, 0.3) is 0 Å². The molecular formula is C37H60BNO12. The molecule has 3 aliphatic heterocycles. The van der Waals surface area contributed by atoms with Crippen LogP contribution in [-0.2, 0) is 33.1 Å². The van der Waals surface area contributed by atoms with Gasteiger partial charge in [0.15, 0.2) is 6.29 Å². The molecule has 1 saturated carbocycles. The number of anilines is 1. The van der Waals surface area contributed by atoms with Crippen molar-refractivity contribution in [3.05, 3.63) is 24.3 Å². The third kappa shape index (κ3) is 9.00. The van der Waals surface area contributed by atoms with E-state index in [1.807, 2.05) is 19.9 Å². The Bertz CT molecular complexity index is 1250. The van der Waals surface area contributed by atoms with Crippen molar-refractivity contribution in [2.75, 3.05) is 25.1 Å². The Balaban J connectivity index is 1.30. The Hall–Kier alpha value is -1.69. The molecule has 5 rings (SSSR count). The molecule has 13 nitrogen and oxygen atoms in total. The number of nitrogens with one attached hydrogen (secondary N) is 1. The van der Waals surface area contributed by atoms with Crippen LogP contribution in [0, 0.1) is 11.3 Å². The number of rotatable bonds is 14. The fraction of sp³-hybridized carbons (Fsp3) is 0.811. The molecule has 3 heterocycles. The van der Waals surface area contributed by atoms with Gasteiger partial charge in [-0.15, -0.1) is 0 Å². The second kappa shape index (κ2) is 18.1. The highest BCUT2D eigenvalue weighted by Gasteiger charge is 2.61. The zero-order valence-electron chi connectivity index (χ0n) is 30.7. The number of aliphatic hydroxyl groups is 5. The standard InChI is InChI=1S/C37H60BNO12/c1-5-14-23(3)46-21-28-30(43)33(44)37(22-41,48-28)49-34-32-31(29(42)27(20-40)47-34)50-38(51-32)25-17-13-18-26(19-25)39-35(45)36(4,6-2)24-15-11-9-7-8-10-12-16-24/h13,17-19,23-24,27-34,40-44H,5-12,14-16,20-22H2,1-4H3,(H,39,45). The first-order valence-electron chi connectivity index (χ1n) is 19.1. The first kappa shape index (κ1) is 40.5. The maximum absolute atomic E-state index is 13.9. The summed E-state index contributed by atoms with van der Waals surface area (Å²) in [7, 11) is -1.02. The first-order chi connectivity index (χ1) is 24.5. The van der Waals surface area contributed by atoms with Crippen LogP contribution < -0.4 is 10.8 Å². The van der Waals surface area contributed by atoms with Gasteiger partial charge in [-0.05, 0) is 56.1 Å². The van der Waals surface area contributed by atoms with Crippen molar-refractivity contribution in [1.82, 2.24) is 0 Å². The van der Waals surface area contributed by atoms with E-state index in [1.165, 1.54) is 25.7 Å². The Morgan fingerprint density at radius 1 is 1.02 bits per heavy atom. The van der Waals surface area contributed by atoms with E-state index in [-0.39, 0.29) is 18.6 Å². The summed E-state index contributed by atoms with van der Waals surface area (Å²) in [5.74, 6) is -1.84. The van der Waals surface area contributed by atoms with E-state index < -0.39 is 80.6 Å². The molecular weight excluding hydrogens is 661 g/mol. The van der Waals surface area contributed by atoms with Crippen LogP contribution in [0.4, 0.5) is 5.69 Å². The van der Waals surface area contributed by atoms with Gasteiger partial charge in [0.05, 0.1) is 19.3 Å². The minimum absolute atomic E-state index is 0.0217. The zero-order chi connectivity index (χ0) is 36.8. The van der Waals surface area contributed by atoms with Crippen molar-refractivity contribution in [3.8, 4) is 0 Å². The van der Waals surface area contributed by atoms with Crippen LogP contribution in [0.1, 0.15) is 98.3 Å². The average molecular weight is 722 g/mol. The summed E-state index contributed by atoms with van der Waals surface area (Å²) >= 11 is 0. The van der Waals surface area contributed by atoms with E-state index in [0.29, 0.717) is 17.1 Å². The Morgan fingerprint density at radius 2 is 1.71 bits per heavy atom. The highest BCUT2D eigenvalue weighted by molar-refractivity contribution is 6.62. The Morgan fingerprint density at radius 3 is 2.35 bits per heavy atom. The number of amides is 1. The molecule has 288 valence electrons. The lowest BCUT2D eigenvalue weighted by Gasteiger charge is -2.43. The van der Waals surface area contributed by atoms with Crippen LogP contribution in [0.5, 0.6) is 0 Å². The maximum atomic E-state index is 13.9. The normalized spacial score (nSPS) is 35.4. The van der Waals surface area contributed by atoms with Crippen molar-refractivity contribution in [2.45, 2.75) is 159 Å². The number of fused-ring (bicyclic) bond motifs is 1. The van der Waals surface area contributed by atoms with Crippen molar-refractivity contribution < 1.29 is 58.6 Å². The minimum Gasteiger partial charge on any atom is -0.399 e. The van der Waals surface area contributed by atoms with E-state index in [4.69, 9.17) is 28.3 Å². The molecule has 11 atom stereocenters. The van der Waals surface area contributed by atoms with Crippen LogP contribution in [0.3, 0.4) is 0 Å². The number of aliphatic hydroxyl groups excluding tert-OH is 5. The molecule has 0 radical (unpaired) electrons. The number of hydrogen-bond donors (Lipinski definition) is 6. The van der Waals surface area contributed by atoms with Crippen LogP contribution >= 0.6 is 0 Å². The summed E-state index contributed by atoms with van der Waals surface area (Å²) in [6.07, 6.45) is 1.48. The molecule has 51 heavy (non-hydrogen) atoms. The molecule has 14 heteroatoms. The highest BCUT2D eigenvalue weighted by atomic mass is 16.8. The molecule has 0 bridgehead atoms. The van der Waals surface area contributed by atoms with Crippen molar-refractivity contribution in [2.24, 2.45) is 11.3 Å². The summed E-state index contributed by atoms with van der Waals surface area (Å²) in [6.45, 7) is 6.60. The summed E-state index contributed by atoms with van der Waals surface area (Å²) in [5, 5.41) is 56.6. The second-order valence-electron chi connectivity index (χ2n) is 15.1. The Kier molecular flexibility index (Phi) is 14.4. The van der Waals surface area contributed by atoms with Gasteiger partial charge in [0, 0.05) is 11.1 Å². The fourth-order valence-electron chi connectivity index (χ4n) is 8.06. The third-order valence-electron chi connectivity index (χ3n) is 11.6. The molecule has 0 aromatic heterocycles. The predicted octanol–water partition coefficient (Wildman–Crippen LogP) is 2.38. The molecule has 1 aliphatic carbocycles. The van der Waals surface area contributed by atoms with Crippen LogP contribution in [0.2, 0.25) is 0 Å². The zero-order valence-corrected chi connectivity index (χ0v) is 30.7. The minimum atomic E-state index is -2.12. The number of hydrogen-bond acceptors (Lipinski definition) is 12. The second-order valence-corrected chi connectivity index (χ2v) is 15.1. The summed E-state index contributed by atoms with van der Waals surface area (Å²) in [4.78, 5) is 13.9. The Labute approximate surface area is 302 Å². The number of ether oxygens (including phenoxy) is 4. The molecule has 0 spiro atoms. The SMILES string of the molecule is CCCC(C)OCC1OC(CO)(OC2OC(CO)C(O)C3OB(c4cccc(NC(=O)C(C)(CC)C5CCCCCCCC5)c4)OC23)C(O)C1O. The highest BCUT2D eigenvalue weighted by Crippen LogP contribution is 2.41. The van der Waals surface area contributed by atoms with Gasteiger partial charge in [0.2, 0.25) is 11.7 Å². The quantitative estimate of drug-likeness (QED) is 0.155. The molecule has 1 amide bonds. The number of carbonyl (C=O) groups is 1. The topological polar surface area (TPSA) is 186 Å². The van der Waals surface area contributed by atoms with E-state index in [2.05, 4.69) is 19.2 Å². The van der Waals surface area contributed by atoms with E-state index in [9.17, 15) is 30.3 Å². The molecule has 1 aromatic carbocycles. The molecule has 4 fully saturated rings. The summed E-state index contributed by atoms with van der Waals surface area (Å²) in [5.41, 5.74) is 0.623. The third-order valence-corrected chi connectivity index (χ3v) is 11.6. The van der Waals surface area contributed by atoms with Crippen LogP contribution in [-0.4, -0.2) is 119 Å². The van der Waals surface area contributed by atoms with Crippen LogP contribution in [0.15, 0.2) is 24.3 Å². The van der Waals surface area contributed by atoms with E-state index >= 15 is 0 Å². The molecule has 1 aromatic rings. The monoisotopic (exact) mass is 721 g/mol. The van der Waals surface area contributed by atoms with Gasteiger partial charge in [-0.3, -0.25) is 4.79 Å². The summed E-state index contributed by atoms with van der Waals surface area (Å²) < 4.78 is 36.2. The number of benzene rings is 1. The van der Waals surface area contributed by atoms with Gasteiger partial charge in [0.25, 0.3) is 0 Å². The smallest absolute Gasteiger partial charge is 0.399 e. The molecule has 6 N–H and O–H groups in total. The first-order valence-corrected chi connectivity index (χ1v) is 19.1.